The molecular weight excluding hydrogens is 358 g/mol. The van der Waals surface area contributed by atoms with Gasteiger partial charge in [-0.1, -0.05) is 24.3 Å². The van der Waals surface area contributed by atoms with Crippen LogP contribution in [0.2, 0.25) is 0 Å². The second-order valence-corrected chi connectivity index (χ2v) is 8.29. The molecule has 8 heteroatoms. The SMILES string of the molecule is O=C(OC(CN1CCOCC1)CS(=O)(=O)[O-])C1CCCc2ccccc21. The van der Waals surface area contributed by atoms with Gasteiger partial charge in [0.25, 0.3) is 0 Å². The third-order valence-electron chi connectivity index (χ3n) is 4.89. The summed E-state index contributed by atoms with van der Waals surface area (Å²) >= 11 is 0. The maximum Gasteiger partial charge on any atom is 0.313 e. The lowest BCUT2D eigenvalue weighted by molar-refractivity contribution is -0.151. The number of fused-ring (bicyclic) bond motifs is 1. The van der Waals surface area contributed by atoms with Gasteiger partial charge in [-0.2, -0.15) is 0 Å². The van der Waals surface area contributed by atoms with Crippen LogP contribution in [0, 0.1) is 0 Å². The molecule has 2 atom stereocenters. The van der Waals surface area contributed by atoms with Gasteiger partial charge in [0.15, 0.2) is 0 Å². The second kappa shape index (κ2) is 8.47. The van der Waals surface area contributed by atoms with Crippen LogP contribution in [0.4, 0.5) is 0 Å². The van der Waals surface area contributed by atoms with Crippen molar-refractivity contribution in [2.75, 3.05) is 38.6 Å². The molecule has 0 amide bonds. The number of benzene rings is 1. The smallest absolute Gasteiger partial charge is 0.313 e. The van der Waals surface area contributed by atoms with Gasteiger partial charge in [-0.25, -0.2) is 8.42 Å². The Hall–Kier alpha value is -1.48. The van der Waals surface area contributed by atoms with E-state index < -0.39 is 33.9 Å². The van der Waals surface area contributed by atoms with Crippen molar-refractivity contribution in [1.29, 1.82) is 0 Å². The first kappa shape index (κ1) is 19.3. The Morgan fingerprint density at radius 2 is 2.04 bits per heavy atom. The highest BCUT2D eigenvalue weighted by atomic mass is 32.2. The number of hydrogen-bond donors (Lipinski definition) is 0. The lowest BCUT2D eigenvalue weighted by atomic mass is 9.83. The number of hydrogen-bond acceptors (Lipinski definition) is 7. The number of morpholine rings is 1. The molecule has 0 aromatic heterocycles. The van der Waals surface area contributed by atoms with E-state index in [1.165, 1.54) is 0 Å². The predicted octanol–water partition coefficient (Wildman–Crippen LogP) is 0.896. The van der Waals surface area contributed by atoms with Crippen LogP contribution in [0.25, 0.3) is 0 Å². The summed E-state index contributed by atoms with van der Waals surface area (Å²) in [7, 11) is -4.50. The van der Waals surface area contributed by atoms with Crippen LogP contribution in [0.1, 0.15) is 29.9 Å². The summed E-state index contributed by atoms with van der Waals surface area (Å²) in [5, 5.41) is 0. The van der Waals surface area contributed by atoms with E-state index in [9.17, 15) is 17.8 Å². The lowest BCUT2D eigenvalue weighted by Crippen LogP contribution is -2.44. The summed E-state index contributed by atoms with van der Waals surface area (Å²) in [5.74, 6) is -1.55. The maximum atomic E-state index is 12.7. The molecule has 1 aliphatic heterocycles. The van der Waals surface area contributed by atoms with Gasteiger partial charge in [-0.15, -0.1) is 0 Å². The number of esters is 1. The van der Waals surface area contributed by atoms with Crippen LogP contribution in [0.15, 0.2) is 24.3 Å². The van der Waals surface area contributed by atoms with Gasteiger partial charge in [0.05, 0.1) is 35.0 Å². The molecule has 0 spiro atoms. The molecule has 26 heavy (non-hydrogen) atoms. The molecule has 0 radical (unpaired) electrons. The van der Waals surface area contributed by atoms with E-state index in [-0.39, 0.29) is 6.54 Å². The molecule has 1 aromatic rings. The van der Waals surface area contributed by atoms with E-state index >= 15 is 0 Å². The van der Waals surface area contributed by atoms with Crippen LogP contribution in [0.3, 0.4) is 0 Å². The third kappa shape index (κ3) is 5.26. The number of aryl methyl sites for hydroxylation is 1. The number of ether oxygens (including phenoxy) is 2. The van der Waals surface area contributed by atoms with Crippen molar-refractivity contribution in [1.82, 2.24) is 4.90 Å². The summed E-state index contributed by atoms with van der Waals surface area (Å²) in [5.41, 5.74) is 2.07. The van der Waals surface area contributed by atoms with Crippen molar-refractivity contribution in [2.45, 2.75) is 31.3 Å². The fourth-order valence-corrected chi connectivity index (χ4v) is 4.30. The quantitative estimate of drug-likeness (QED) is 0.533. The average Bonchev–Trinajstić information content (AvgIpc) is 2.60. The Kier molecular flexibility index (Phi) is 6.29. The van der Waals surface area contributed by atoms with Crippen molar-refractivity contribution in [3.8, 4) is 0 Å². The zero-order chi connectivity index (χ0) is 18.6. The Labute approximate surface area is 154 Å². The van der Waals surface area contributed by atoms with Crippen molar-refractivity contribution in [3.63, 3.8) is 0 Å². The maximum absolute atomic E-state index is 12.7. The molecule has 1 aromatic carbocycles. The van der Waals surface area contributed by atoms with Gasteiger partial charge in [0, 0.05) is 19.6 Å². The van der Waals surface area contributed by atoms with Gasteiger partial charge in [0.2, 0.25) is 0 Å². The average molecular weight is 382 g/mol. The highest BCUT2D eigenvalue weighted by Crippen LogP contribution is 2.32. The van der Waals surface area contributed by atoms with Crippen LogP contribution in [-0.2, 0) is 30.8 Å². The molecule has 1 saturated heterocycles. The zero-order valence-electron chi connectivity index (χ0n) is 14.6. The van der Waals surface area contributed by atoms with E-state index in [2.05, 4.69) is 0 Å². The third-order valence-corrected chi connectivity index (χ3v) is 5.67. The molecule has 1 heterocycles. The number of nitrogens with zero attached hydrogens (tertiary/aromatic N) is 1. The van der Waals surface area contributed by atoms with Gasteiger partial charge in [-0.05, 0) is 30.4 Å². The molecule has 1 fully saturated rings. The molecule has 0 N–H and O–H groups in total. The first-order chi connectivity index (χ1) is 12.4. The van der Waals surface area contributed by atoms with Crippen molar-refractivity contribution in [3.05, 3.63) is 35.4 Å². The standard InChI is InChI=1S/C18H25NO6S/c20-18(17-7-3-5-14-4-1-2-6-16(14)17)25-15(13-26(21,22)23)12-19-8-10-24-11-9-19/h1-2,4,6,15,17H,3,5,7-13H2,(H,21,22,23)/p-1. The lowest BCUT2D eigenvalue weighted by Gasteiger charge is -2.32. The second-order valence-electron chi connectivity index (χ2n) is 6.84. The first-order valence-electron chi connectivity index (χ1n) is 8.94. The molecule has 2 aliphatic rings. The molecular formula is C18H24NO6S-. The highest BCUT2D eigenvalue weighted by Gasteiger charge is 2.30. The Bertz CT molecular complexity index is 729. The number of rotatable bonds is 6. The molecule has 0 saturated carbocycles. The molecule has 144 valence electrons. The summed E-state index contributed by atoms with van der Waals surface area (Å²) in [6.45, 7) is 2.56. The van der Waals surface area contributed by atoms with Crippen molar-refractivity contribution >= 4 is 16.1 Å². The fraction of sp³-hybridized carbons (Fsp3) is 0.611. The van der Waals surface area contributed by atoms with E-state index in [1.807, 2.05) is 29.2 Å². The molecule has 0 bridgehead atoms. The van der Waals surface area contributed by atoms with E-state index in [4.69, 9.17) is 9.47 Å². The van der Waals surface area contributed by atoms with Gasteiger partial charge in [-0.3, -0.25) is 9.69 Å². The van der Waals surface area contributed by atoms with Gasteiger partial charge >= 0.3 is 5.97 Å². The van der Waals surface area contributed by atoms with Crippen molar-refractivity contribution < 1.29 is 27.2 Å². The Balaban J connectivity index is 1.70. The zero-order valence-corrected chi connectivity index (χ0v) is 15.4. The summed E-state index contributed by atoms with van der Waals surface area (Å²) in [6.07, 6.45) is 1.51. The topological polar surface area (TPSA) is 96.0 Å². The predicted molar refractivity (Wildman–Crippen MR) is 93.8 cm³/mol. The molecule has 2 unspecified atom stereocenters. The van der Waals surface area contributed by atoms with Crippen molar-refractivity contribution in [2.24, 2.45) is 0 Å². The Morgan fingerprint density at radius 1 is 1.31 bits per heavy atom. The minimum Gasteiger partial charge on any atom is -0.748 e. The van der Waals surface area contributed by atoms with Gasteiger partial charge in [0.1, 0.15) is 6.10 Å². The minimum absolute atomic E-state index is 0.227. The van der Waals surface area contributed by atoms with Crippen LogP contribution < -0.4 is 0 Å². The fourth-order valence-electron chi connectivity index (χ4n) is 3.67. The highest BCUT2D eigenvalue weighted by molar-refractivity contribution is 7.85. The molecule has 3 rings (SSSR count). The first-order valence-corrected chi connectivity index (χ1v) is 10.5. The van der Waals surface area contributed by atoms with Crippen LogP contribution >= 0.6 is 0 Å². The number of carbonyl (C=O) groups is 1. The number of carbonyl (C=O) groups excluding carboxylic acids is 1. The van der Waals surface area contributed by atoms with E-state index in [0.717, 1.165) is 24.0 Å². The summed E-state index contributed by atoms with van der Waals surface area (Å²) in [4.78, 5) is 14.7. The van der Waals surface area contributed by atoms with Crippen LogP contribution in [-0.4, -0.2) is 68.5 Å². The van der Waals surface area contributed by atoms with Gasteiger partial charge < -0.3 is 14.0 Å². The molecule has 7 nitrogen and oxygen atoms in total. The van der Waals surface area contributed by atoms with Crippen LogP contribution in [0.5, 0.6) is 0 Å². The summed E-state index contributed by atoms with van der Waals surface area (Å²) in [6, 6.07) is 7.75. The summed E-state index contributed by atoms with van der Waals surface area (Å²) < 4.78 is 44.5. The Morgan fingerprint density at radius 3 is 2.77 bits per heavy atom. The minimum atomic E-state index is -4.50. The normalized spacial score (nSPS) is 22.4. The van der Waals surface area contributed by atoms with E-state index in [1.54, 1.807) is 0 Å². The monoisotopic (exact) mass is 382 g/mol. The van der Waals surface area contributed by atoms with E-state index in [0.29, 0.717) is 32.7 Å². The largest absolute Gasteiger partial charge is 0.748 e. The molecule has 1 aliphatic carbocycles.